The van der Waals surface area contributed by atoms with E-state index in [2.05, 4.69) is 93.7 Å². The van der Waals surface area contributed by atoms with Crippen LogP contribution in [0.2, 0.25) is 0 Å². The quantitative estimate of drug-likeness (QED) is 0.0261. The lowest BCUT2D eigenvalue weighted by Crippen LogP contribution is -2.30. The number of esters is 3. The van der Waals surface area contributed by atoms with Crippen molar-refractivity contribution in [1.29, 1.82) is 0 Å². The predicted molar refractivity (Wildman–Crippen MR) is 321 cm³/mol. The second-order valence-corrected chi connectivity index (χ2v) is 21.3. The summed E-state index contributed by atoms with van der Waals surface area (Å²) < 4.78 is 16.8. The van der Waals surface area contributed by atoms with Gasteiger partial charge in [-0.25, -0.2) is 0 Å². The summed E-state index contributed by atoms with van der Waals surface area (Å²) in [6, 6.07) is 0. The molecule has 0 saturated heterocycles. The van der Waals surface area contributed by atoms with Gasteiger partial charge in [0.25, 0.3) is 0 Å². The fraction of sp³-hybridized carbons (Fsp3) is 0.779. The van der Waals surface area contributed by atoms with Gasteiger partial charge in [-0.15, -0.1) is 0 Å². The third-order valence-corrected chi connectivity index (χ3v) is 14.0. The number of allylic oxidation sites excluding steroid dienone is 12. The maximum Gasteiger partial charge on any atom is 0.306 e. The summed E-state index contributed by atoms with van der Waals surface area (Å²) in [5.41, 5.74) is 0. The van der Waals surface area contributed by atoms with E-state index in [4.69, 9.17) is 14.2 Å². The van der Waals surface area contributed by atoms with Crippen LogP contribution in [-0.4, -0.2) is 37.2 Å². The third-order valence-electron chi connectivity index (χ3n) is 14.0. The van der Waals surface area contributed by atoms with Gasteiger partial charge in [0, 0.05) is 19.3 Å². The molecule has 0 spiro atoms. The molecule has 6 nitrogen and oxygen atoms in total. The van der Waals surface area contributed by atoms with Gasteiger partial charge in [-0.3, -0.25) is 14.4 Å². The zero-order valence-corrected chi connectivity index (χ0v) is 49.1. The number of carbonyl (C=O) groups is 3. The Kier molecular flexibility index (Phi) is 59.7. The maximum absolute atomic E-state index is 12.8. The lowest BCUT2D eigenvalue weighted by Gasteiger charge is -2.18. The first-order valence-corrected chi connectivity index (χ1v) is 31.9. The molecule has 0 heterocycles. The molecule has 0 aromatic carbocycles. The van der Waals surface area contributed by atoms with E-state index in [1.54, 1.807) is 0 Å². The molecule has 0 saturated carbocycles. The van der Waals surface area contributed by atoms with Crippen LogP contribution in [0.15, 0.2) is 72.9 Å². The Morgan fingerprint density at radius 1 is 0.284 bits per heavy atom. The van der Waals surface area contributed by atoms with Gasteiger partial charge in [0.2, 0.25) is 0 Å². The van der Waals surface area contributed by atoms with Gasteiger partial charge < -0.3 is 14.2 Å². The van der Waals surface area contributed by atoms with Crippen molar-refractivity contribution in [2.75, 3.05) is 13.2 Å². The van der Waals surface area contributed by atoms with E-state index in [0.717, 1.165) is 103 Å². The molecule has 0 aliphatic heterocycles. The molecule has 0 aliphatic rings. The average molecular weight is 1030 g/mol. The van der Waals surface area contributed by atoms with Crippen LogP contribution in [0, 0.1) is 0 Å². The van der Waals surface area contributed by atoms with Crippen molar-refractivity contribution in [3.63, 3.8) is 0 Å². The number of hydrogen-bond acceptors (Lipinski definition) is 6. The monoisotopic (exact) mass is 1030 g/mol. The standard InChI is InChI=1S/C68H120O6/c1-4-7-10-13-15-17-19-21-23-25-27-28-29-30-31-32-33-34-35-36-37-38-39-40-41-43-44-46-48-50-52-55-58-61-67(70)73-64-65(63-72-66(69)60-57-54-12-9-6-3)74-68(71)62-59-56-53-51-49-47-45-42-26-24-22-20-18-16-14-11-8-5-2/h7,10,15,17,21,23,27-28,30-31,33-34,65H,4-6,8-9,11-14,16,18-20,22,24-26,29,32,35-64H2,1-3H3/b10-7-,17-15-,23-21-,28-27-,31-30-,34-33-. The van der Waals surface area contributed by atoms with E-state index in [-0.39, 0.29) is 31.1 Å². The van der Waals surface area contributed by atoms with Crippen molar-refractivity contribution in [2.45, 2.75) is 329 Å². The Bertz CT molecular complexity index is 1370. The molecule has 0 rings (SSSR count). The van der Waals surface area contributed by atoms with Crippen LogP contribution in [-0.2, 0) is 28.6 Å². The summed E-state index contributed by atoms with van der Waals surface area (Å²) in [5.74, 6) is -0.869. The van der Waals surface area contributed by atoms with Crippen LogP contribution in [0.3, 0.4) is 0 Å². The van der Waals surface area contributed by atoms with Crippen molar-refractivity contribution in [3.8, 4) is 0 Å². The molecule has 0 aliphatic carbocycles. The summed E-state index contributed by atoms with van der Waals surface area (Å²) in [7, 11) is 0. The van der Waals surface area contributed by atoms with Crippen LogP contribution in [0.1, 0.15) is 323 Å². The number of ether oxygens (including phenoxy) is 3. The first kappa shape index (κ1) is 70.8. The Hall–Kier alpha value is -3.15. The second kappa shape index (κ2) is 62.4. The second-order valence-electron chi connectivity index (χ2n) is 21.3. The van der Waals surface area contributed by atoms with Crippen LogP contribution < -0.4 is 0 Å². The minimum Gasteiger partial charge on any atom is -0.462 e. The van der Waals surface area contributed by atoms with Gasteiger partial charge in [-0.2, -0.15) is 0 Å². The minimum absolute atomic E-state index is 0.0709. The molecule has 428 valence electrons. The van der Waals surface area contributed by atoms with Crippen molar-refractivity contribution in [2.24, 2.45) is 0 Å². The highest BCUT2D eigenvalue weighted by molar-refractivity contribution is 5.71. The van der Waals surface area contributed by atoms with Crippen LogP contribution in [0.5, 0.6) is 0 Å². The van der Waals surface area contributed by atoms with Crippen LogP contribution in [0.4, 0.5) is 0 Å². The fourth-order valence-electron chi connectivity index (χ4n) is 9.21. The molecule has 74 heavy (non-hydrogen) atoms. The Morgan fingerprint density at radius 3 is 0.824 bits per heavy atom. The van der Waals surface area contributed by atoms with E-state index >= 15 is 0 Å². The van der Waals surface area contributed by atoms with Crippen molar-refractivity contribution < 1.29 is 28.6 Å². The highest BCUT2D eigenvalue weighted by Gasteiger charge is 2.19. The van der Waals surface area contributed by atoms with E-state index in [1.165, 1.54) is 180 Å². The van der Waals surface area contributed by atoms with Gasteiger partial charge in [-0.1, -0.05) is 306 Å². The highest BCUT2D eigenvalue weighted by atomic mass is 16.6. The van der Waals surface area contributed by atoms with Gasteiger partial charge >= 0.3 is 17.9 Å². The molecule has 0 fully saturated rings. The fourth-order valence-corrected chi connectivity index (χ4v) is 9.21. The summed E-state index contributed by atoms with van der Waals surface area (Å²) in [4.78, 5) is 37.9. The number of rotatable bonds is 58. The van der Waals surface area contributed by atoms with Gasteiger partial charge in [0.1, 0.15) is 13.2 Å². The summed E-state index contributed by atoms with van der Waals surface area (Å²) >= 11 is 0. The smallest absolute Gasteiger partial charge is 0.306 e. The average Bonchev–Trinajstić information content (AvgIpc) is 3.40. The topological polar surface area (TPSA) is 78.9 Å². The van der Waals surface area contributed by atoms with E-state index < -0.39 is 6.10 Å². The van der Waals surface area contributed by atoms with Crippen molar-refractivity contribution in [1.82, 2.24) is 0 Å². The Morgan fingerprint density at radius 2 is 0.527 bits per heavy atom. The zero-order chi connectivity index (χ0) is 53.6. The summed E-state index contributed by atoms with van der Waals surface area (Å²) in [6.07, 6.45) is 81.1. The molecule has 0 aromatic rings. The van der Waals surface area contributed by atoms with Crippen molar-refractivity contribution >= 4 is 17.9 Å². The van der Waals surface area contributed by atoms with E-state index in [9.17, 15) is 14.4 Å². The molecule has 0 bridgehead atoms. The first-order valence-electron chi connectivity index (χ1n) is 31.9. The zero-order valence-electron chi connectivity index (χ0n) is 49.1. The number of carbonyl (C=O) groups excluding carboxylic acids is 3. The Balaban J connectivity index is 3.97. The van der Waals surface area contributed by atoms with Crippen LogP contribution in [0.25, 0.3) is 0 Å². The molecule has 6 heteroatoms. The largest absolute Gasteiger partial charge is 0.462 e. The number of hydrogen-bond donors (Lipinski definition) is 0. The molecule has 0 aromatic heterocycles. The van der Waals surface area contributed by atoms with E-state index in [0.29, 0.717) is 19.3 Å². The first-order chi connectivity index (χ1) is 36.5. The molecular formula is C68H120O6. The highest BCUT2D eigenvalue weighted by Crippen LogP contribution is 2.17. The maximum atomic E-state index is 12.8. The summed E-state index contributed by atoms with van der Waals surface area (Å²) in [5, 5.41) is 0. The molecule has 1 unspecified atom stereocenters. The van der Waals surface area contributed by atoms with E-state index in [1.807, 2.05) is 0 Å². The van der Waals surface area contributed by atoms with Gasteiger partial charge in [-0.05, 0) is 70.6 Å². The number of unbranched alkanes of at least 4 members (excludes halogenated alkanes) is 35. The molecule has 0 N–H and O–H groups in total. The SMILES string of the molecule is CC/C=C\C/C=C\C/C=C\C/C=C\C/C=C\C/C=C\CCCCCCCCCCCCCCCCC(=O)OCC(COC(=O)CCCCCCC)OC(=O)CCCCCCCCCCCCCCCCCCCC. The minimum atomic E-state index is -0.768. The normalized spacial score (nSPS) is 12.5. The lowest BCUT2D eigenvalue weighted by molar-refractivity contribution is -0.167. The Labute approximate surface area is 459 Å². The molecule has 0 radical (unpaired) electrons. The lowest BCUT2D eigenvalue weighted by atomic mass is 10.0. The van der Waals surface area contributed by atoms with Gasteiger partial charge in [0.15, 0.2) is 6.10 Å². The third kappa shape index (κ3) is 59.7. The van der Waals surface area contributed by atoms with Crippen LogP contribution >= 0.6 is 0 Å². The summed E-state index contributed by atoms with van der Waals surface area (Å²) in [6.45, 7) is 6.48. The molecular weight excluding hydrogens is 913 g/mol. The van der Waals surface area contributed by atoms with Gasteiger partial charge in [0.05, 0.1) is 0 Å². The predicted octanol–water partition coefficient (Wildman–Crippen LogP) is 21.7. The molecule has 1 atom stereocenters. The van der Waals surface area contributed by atoms with Crippen molar-refractivity contribution in [3.05, 3.63) is 72.9 Å². The molecule has 0 amide bonds.